The number of Topliss-reactive ketones (excluding diaryl/α,β-unsaturated/α-hetero) is 2. The molecule has 0 aliphatic carbocycles. The first-order chi connectivity index (χ1) is 18.4. The minimum Gasteiger partial charge on any atom is -0.386 e. The van der Waals surface area contributed by atoms with Gasteiger partial charge in [0.05, 0.1) is 41.1 Å². The molecule has 2 aliphatic heterocycles. The van der Waals surface area contributed by atoms with Gasteiger partial charge in [-0.15, -0.1) is 0 Å². The molecule has 0 amide bonds. The molecule has 2 saturated heterocycles. The lowest BCUT2D eigenvalue weighted by atomic mass is 9.84. The highest BCUT2D eigenvalue weighted by molar-refractivity contribution is 6.14. The Morgan fingerprint density at radius 1 is 0.921 bits per heavy atom. The van der Waals surface area contributed by atoms with Crippen molar-refractivity contribution >= 4 is 22.9 Å². The normalized spacial score (nSPS) is 20.3. The number of rotatable bonds is 9. The van der Waals surface area contributed by atoms with E-state index in [2.05, 4.69) is 43.3 Å². The molecule has 0 saturated carbocycles. The van der Waals surface area contributed by atoms with Crippen LogP contribution in [0, 0.1) is 17.1 Å². The summed E-state index contributed by atoms with van der Waals surface area (Å²) in [5.41, 5.74) is 2.90. The highest BCUT2D eigenvalue weighted by Gasteiger charge is 2.34. The maximum Gasteiger partial charge on any atom is 0.183 e. The SMILES string of the molecule is CNc1c(C(=O)C2CNCCN2)cc(C(NC)c2cc(F)ccc2C#N)c(C(=O)C2CNCCN2)c1NC. The maximum atomic E-state index is 14.4. The van der Waals surface area contributed by atoms with Crippen LogP contribution in [0.3, 0.4) is 0 Å². The Morgan fingerprint density at radius 3 is 2.08 bits per heavy atom. The molecule has 3 unspecified atom stereocenters. The fourth-order valence-corrected chi connectivity index (χ4v) is 5.29. The lowest BCUT2D eigenvalue weighted by molar-refractivity contribution is 0.0923. The largest absolute Gasteiger partial charge is 0.386 e. The number of carbonyl (C=O) groups is 2. The molecule has 0 spiro atoms. The van der Waals surface area contributed by atoms with E-state index in [1.165, 1.54) is 18.2 Å². The van der Waals surface area contributed by atoms with E-state index in [-0.39, 0.29) is 17.1 Å². The quantitative estimate of drug-likeness (QED) is 0.234. The van der Waals surface area contributed by atoms with E-state index in [1.807, 2.05) is 0 Å². The van der Waals surface area contributed by atoms with Crippen molar-refractivity contribution in [3.63, 3.8) is 0 Å². The van der Waals surface area contributed by atoms with Crippen LogP contribution in [0.5, 0.6) is 0 Å². The first-order valence-electron chi connectivity index (χ1n) is 12.8. The second kappa shape index (κ2) is 12.4. The molecule has 0 radical (unpaired) electrons. The lowest BCUT2D eigenvalue weighted by Crippen LogP contribution is -2.53. The first kappa shape index (κ1) is 27.6. The standard InChI is InChI=1S/C27H35FN8O2/c1-30-23(17-10-16(28)5-4-15(17)12-29)18-11-19(26(37)20-13-33-6-8-35-20)24(31-2)25(32-3)22(18)27(38)21-14-34-7-9-36-21/h4-5,10-11,20-21,23,30-36H,6-9,13-14H2,1-3H3. The van der Waals surface area contributed by atoms with Crippen molar-refractivity contribution in [2.24, 2.45) is 0 Å². The Hall–Kier alpha value is -3.40. The van der Waals surface area contributed by atoms with Crippen LogP contribution in [0.15, 0.2) is 24.3 Å². The van der Waals surface area contributed by atoms with Crippen LogP contribution in [0.25, 0.3) is 0 Å². The number of benzene rings is 2. The van der Waals surface area contributed by atoms with Gasteiger partial charge in [-0.2, -0.15) is 5.26 Å². The molecule has 202 valence electrons. The summed E-state index contributed by atoms with van der Waals surface area (Å²) in [5, 5.41) is 32.3. The third kappa shape index (κ3) is 5.41. The van der Waals surface area contributed by atoms with Crippen molar-refractivity contribution in [1.82, 2.24) is 26.6 Å². The van der Waals surface area contributed by atoms with Gasteiger partial charge in [-0.3, -0.25) is 9.59 Å². The number of anilines is 2. The van der Waals surface area contributed by atoms with Crippen LogP contribution in [0.1, 0.15) is 43.4 Å². The van der Waals surface area contributed by atoms with E-state index in [9.17, 15) is 19.2 Å². The number of nitrogens with zero attached hydrogens (tertiary/aromatic N) is 1. The van der Waals surface area contributed by atoms with Gasteiger partial charge >= 0.3 is 0 Å². The van der Waals surface area contributed by atoms with Gasteiger partial charge < -0.3 is 37.2 Å². The number of carbonyl (C=O) groups excluding carboxylic acids is 2. The molecule has 2 aromatic rings. The second-order valence-electron chi connectivity index (χ2n) is 9.35. The maximum absolute atomic E-state index is 14.4. The number of nitrogens with one attached hydrogen (secondary N) is 7. The van der Waals surface area contributed by atoms with Gasteiger partial charge in [-0.1, -0.05) is 0 Å². The zero-order valence-corrected chi connectivity index (χ0v) is 21.9. The molecule has 10 nitrogen and oxygen atoms in total. The molecule has 2 heterocycles. The van der Waals surface area contributed by atoms with Crippen molar-refractivity contribution in [2.75, 3.05) is 71.0 Å². The van der Waals surface area contributed by atoms with Crippen LogP contribution in [-0.4, -0.2) is 84.1 Å². The molecule has 7 N–H and O–H groups in total. The smallest absolute Gasteiger partial charge is 0.183 e. The lowest BCUT2D eigenvalue weighted by Gasteiger charge is -2.31. The van der Waals surface area contributed by atoms with Crippen molar-refractivity contribution in [1.29, 1.82) is 5.26 Å². The van der Waals surface area contributed by atoms with Crippen LogP contribution in [0.2, 0.25) is 0 Å². The van der Waals surface area contributed by atoms with Gasteiger partial charge in [0.25, 0.3) is 0 Å². The van der Waals surface area contributed by atoms with Crippen LogP contribution >= 0.6 is 0 Å². The molecule has 2 aromatic carbocycles. The topological polar surface area (TPSA) is 142 Å². The van der Waals surface area contributed by atoms with Gasteiger partial charge in [0.2, 0.25) is 0 Å². The van der Waals surface area contributed by atoms with E-state index in [0.717, 1.165) is 13.1 Å². The Bertz CT molecular complexity index is 1230. The molecule has 0 bridgehead atoms. The third-order valence-electron chi connectivity index (χ3n) is 7.13. The summed E-state index contributed by atoms with van der Waals surface area (Å²) in [6.45, 7) is 3.73. The van der Waals surface area contributed by atoms with E-state index in [0.29, 0.717) is 59.8 Å². The van der Waals surface area contributed by atoms with Gasteiger partial charge in [0, 0.05) is 64.5 Å². The zero-order valence-electron chi connectivity index (χ0n) is 21.9. The number of halogens is 1. The minimum absolute atomic E-state index is 0.134. The fraction of sp³-hybridized carbons (Fsp3) is 0.444. The molecular weight excluding hydrogens is 487 g/mol. The summed E-state index contributed by atoms with van der Waals surface area (Å²) in [4.78, 5) is 27.9. The highest BCUT2D eigenvalue weighted by atomic mass is 19.1. The first-order valence-corrected chi connectivity index (χ1v) is 12.8. The van der Waals surface area contributed by atoms with Gasteiger partial charge in [-0.25, -0.2) is 4.39 Å². The van der Waals surface area contributed by atoms with Gasteiger partial charge in [0.15, 0.2) is 11.6 Å². The molecule has 11 heteroatoms. The molecule has 3 atom stereocenters. The molecule has 38 heavy (non-hydrogen) atoms. The van der Waals surface area contributed by atoms with Crippen molar-refractivity contribution in [2.45, 2.75) is 18.1 Å². The Balaban J connectivity index is 1.98. The summed E-state index contributed by atoms with van der Waals surface area (Å²) in [5.74, 6) is -0.801. The summed E-state index contributed by atoms with van der Waals surface area (Å²) in [7, 11) is 5.10. The second-order valence-corrected chi connectivity index (χ2v) is 9.35. The highest BCUT2D eigenvalue weighted by Crippen LogP contribution is 2.39. The van der Waals surface area contributed by atoms with Crippen LogP contribution in [-0.2, 0) is 0 Å². The summed E-state index contributed by atoms with van der Waals surface area (Å²) >= 11 is 0. The predicted molar refractivity (Wildman–Crippen MR) is 146 cm³/mol. The minimum atomic E-state index is -0.738. The number of hydrogen-bond donors (Lipinski definition) is 7. The zero-order chi connectivity index (χ0) is 27.2. The van der Waals surface area contributed by atoms with Gasteiger partial charge in [-0.05, 0) is 42.4 Å². The summed E-state index contributed by atoms with van der Waals surface area (Å²) in [6.07, 6.45) is 0. The fourth-order valence-electron chi connectivity index (χ4n) is 5.29. The third-order valence-corrected chi connectivity index (χ3v) is 7.13. The van der Waals surface area contributed by atoms with E-state index >= 15 is 0 Å². The summed E-state index contributed by atoms with van der Waals surface area (Å²) in [6, 6.07) is 6.12. The van der Waals surface area contributed by atoms with Crippen molar-refractivity contribution in [3.05, 3.63) is 57.9 Å². The Morgan fingerprint density at radius 2 is 1.55 bits per heavy atom. The number of hydrogen-bond acceptors (Lipinski definition) is 10. The number of piperazine rings is 2. The van der Waals surface area contributed by atoms with E-state index in [1.54, 1.807) is 27.2 Å². The Kier molecular flexibility index (Phi) is 9.04. The van der Waals surface area contributed by atoms with Crippen LogP contribution < -0.4 is 37.2 Å². The molecule has 2 aliphatic rings. The van der Waals surface area contributed by atoms with Crippen molar-refractivity contribution < 1.29 is 14.0 Å². The van der Waals surface area contributed by atoms with Crippen molar-refractivity contribution in [3.8, 4) is 6.07 Å². The average Bonchev–Trinajstić information content (AvgIpc) is 2.97. The van der Waals surface area contributed by atoms with E-state index < -0.39 is 23.9 Å². The molecule has 2 fully saturated rings. The van der Waals surface area contributed by atoms with Crippen LogP contribution in [0.4, 0.5) is 15.8 Å². The average molecular weight is 523 g/mol. The van der Waals surface area contributed by atoms with E-state index in [4.69, 9.17) is 0 Å². The summed E-state index contributed by atoms with van der Waals surface area (Å²) < 4.78 is 14.4. The molecule has 4 rings (SSSR count). The number of ketones is 2. The molecular formula is C27H35FN8O2. The number of nitriles is 1. The Labute approximate surface area is 222 Å². The predicted octanol–water partition coefficient (Wildman–Crippen LogP) is 0.578. The van der Waals surface area contributed by atoms with Gasteiger partial charge in [0.1, 0.15) is 5.82 Å². The monoisotopic (exact) mass is 522 g/mol. The molecule has 0 aromatic heterocycles.